The fourth-order valence-corrected chi connectivity index (χ4v) is 2.23. The van der Waals surface area contributed by atoms with Gasteiger partial charge in [-0.15, -0.1) is 0 Å². The predicted octanol–water partition coefficient (Wildman–Crippen LogP) is 1.19. The smallest absolute Gasteiger partial charge is 0.236 e. The Morgan fingerprint density at radius 2 is 2.00 bits per heavy atom. The van der Waals surface area contributed by atoms with Gasteiger partial charge in [0.1, 0.15) is 6.61 Å². The molecule has 0 aliphatic carbocycles. The molecule has 1 unspecified atom stereocenters. The minimum Gasteiger partial charge on any atom is -0.483 e. The number of carbonyl (C=O) groups excluding carboxylic acids is 1. The highest BCUT2D eigenvalue weighted by molar-refractivity contribution is 5.80. The Kier molecular flexibility index (Phi) is 6.14. The molecular weight excluding hydrogens is 306 g/mol. The largest absolute Gasteiger partial charge is 0.483 e. The zero-order valence-corrected chi connectivity index (χ0v) is 14.2. The number of hydrogen-bond donors (Lipinski definition) is 2. The maximum atomic E-state index is 12.2. The number of rotatable bonds is 7. The lowest BCUT2D eigenvalue weighted by molar-refractivity contribution is -0.122. The summed E-state index contributed by atoms with van der Waals surface area (Å²) in [6.45, 7) is 2.54. The van der Waals surface area contributed by atoms with Crippen molar-refractivity contribution in [2.24, 2.45) is 7.05 Å². The van der Waals surface area contributed by atoms with Gasteiger partial charge >= 0.3 is 0 Å². The van der Waals surface area contributed by atoms with Crippen LogP contribution in [0.1, 0.15) is 18.2 Å². The number of ether oxygens (including phenoxy) is 1. The molecule has 0 spiro atoms. The normalized spacial score (nSPS) is 11.8. The van der Waals surface area contributed by atoms with E-state index in [1.54, 1.807) is 20.2 Å². The van der Waals surface area contributed by atoms with Gasteiger partial charge in [-0.3, -0.25) is 9.59 Å². The first-order chi connectivity index (χ1) is 11.5. The molecule has 128 valence electrons. The molecule has 0 radical (unpaired) electrons. The summed E-state index contributed by atoms with van der Waals surface area (Å²) < 4.78 is 7.45. The Balaban J connectivity index is 2.02. The average molecular weight is 329 g/mol. The van der Waals surface area contributed by atoms with Gasteiger partial charge in [-0.2, -0.15) is 0 Å². The molecule has 1 aromatic carbocycles. The Morgan fingerprint density at radius 3 is 2.67 bits per heavy atom. The van der Waals surface area contributed by atoms with Crippen molar-refractivity contribution in [3.05, 3.63) is 64.1 Å². The van der Waals surface area contributed by atoms with Gasteiger partial charge in [0.25, 0.3) is 0 Å². The fourth-order valence-electron chi connectivity index (χ4n) is 2.23. The SMILES string of the molecule is CNC(=O)C(C)NCc1cc(=O)c(OCc2ccccc2)cn1C. The maximum Gasteiger partial charge on any atom is 0.236 e. The summed E-state index contributed by atoms with van der Waals surface area (Å²) in [6, 6.07) is 10.9. The van der Waals surface area contributed by atoms with Crippen molar-refractivity contribution in [2.75, 3.05) is 7.05 Å². The van der Waals surface area contributed by atoms with Crippen LogP contribution in [0.15, 0.2) is 47.4 Å². The quantitative estimate of drug-likeness (QED) is 0.800. The molecule has 2 N–H and O–H groups in total. The van der Waals surface area contributed by atoms with Gasteiger partial charge in [-0.05, 0) is 12.5 Å². The second kappa shape index (κ2) is 8.31. The number of aromatic nitrogens is 1. The number of amides is 1. The van der Waals surface area contributed by atoms with Gasteiger partial charge in [-0.25, -0.2) is 0 Å². The molecule has 1 aromatic heterocycles. The van der Waals surface area contributed by atoms with E-state index in [4.69, 9.17) is 4.74 Å². The number of carbonyl (C=O) groups is 1. The number of likely N-dealkylation sites (N-methyl/N-ethyl adjacent to an activating group) is 1. The van der Waals surface area contributed by atoms with Crippen molar-refractivity contribution < 1.29 is 9.53 Å². The molecule has 0 saturated heterocycles. The number of pyridine rings is 1. The van der Waals surface area contributed by atoms with Gasteiger partial charge in [0.15, 0.2) is 5.75 Å². The van der Waals surface area contributed by atoms with Gasteiger partial charge in [0.05, 0.1) is 12.2 Å². The summed E-state index contributed by atoms with van der Waals surface area (Å²) in [5.41, 5.74) is 1.61. The number of hydrogen-bond acceptors (Lipinski definition) is 4. The van der Waals surface area contributed by atoms with Crippen LogP contribution in [0.25, 0.3) is 0 Å². The molecular formula is C18H23N3O3. The lowest BCUT2D eigenvalue weighted by atomic mass is 10.2. The van der Waals surface area contributed by atoms with Crippen molar-refractivity contribution in [3.8, 4) is 5.75 Å². The highest BCUT2D eigenvalue weighted by Crippen LogP contribution is 2.09. The average Bonchev–Trinajstić information content (AvgIpc) is 2.60. The molecule has 6 heteroatoms. The Bertz CT molecular complexity index is 741. The van der Waals surface area contributed by atoms with Gasteiger partial charge in [-0.1, -0.05) is 30.3 Å². The molecule has 0 aliphatic rings. The van der Waals surface area contributed by atoms with Crippen LogP contribution in [-0.4, -0.2) is 23.6 Å². The van der Waals surface area contributed by atoms with Crippen molar-refractivity contribution in [3.63, 3.8) is 0 Å². The summed E-state index contributed by atoms with van der Waals surface area (Å²) >= 11 is 0. The van der Waals surface area contributed by atoms with Crippen LogP contribution in [0.4, 0.5) is 0 Å². The van der Waals surface area contributed by atoms with Crippen LogP contribution in [0.3, 0.4) is 0 Å². The molecule has 0 aliphatic heterocycles. The molecule has 1 atom stereocenters. The van der Waals surface area contributed by atoms with Gasteiger partial charge in [0, 0.05) is 32.4 Å². The summed E-state index contributed by atoms with van der Waals surface area (Å²) in [5.74, 6) is 0.215. The highest BCUT2D eigenvalue weighted by atomic mass is 16.5. The van der Waals surface area contributed by atoms with E-state index in [1.807, 2.05) is 41.9 Å². The summed E-state index contributed by atoms with van der Waals surface area (Å²) in [4.78, 5) is 23.7. The first-order valence-corrected chi connectivity index (χ1v) is 7.82. The van der Waals surface area contributed by atoms with E-state index in [1.165, 1.54) is 6.07 Å². The van der Waals surface area contributed by atoms with E-state index in [-0.39, 0.29) is 17.4 Å². The summed E-state index contributed by atoms with van der Waals surface area (Å²) in [7, 11) is 3.44. The second-order valence-corrected chi connectivity index (χ2v) is 5.60. The Morgan fingerprint density at radius 1 is 1.29 bits per heavy atom. The number of nitrogens with one attached hydrogen (secondary N) is 2. The topological polar surface area (TPSA) is 72.4 Å². The van der Waals surface area contributed by atoms with E-state index in [9.17, 15) is 9.59 Å². The van der Waals surface area contributed by atoms with Crippen molar-refractivity contribution >= 4 is 5.91 Å². The minimum absolute atomic E-state index is 0.0946. The van der Waals surface area contributed by atoms with Crippen molar-refractivity contribution in [2.45, 2.75) is 26.1 Å². The molecule has 1 amide bonds. The molecule has 2 rings (SSSR count). The van der Waals surface area contributed by atoms with Crippen LogP contribution < -0.4 is 20.8 Å². The lowest BCUT2D eigenvalue weighted by Gasteiger charge is -2.15. The molecule has 0 fully saturated rings. The highest BCUT2D eigenvalue weighted by Gasteiger charge is 2.11. The van der Waals surface area contributed by atoms with Crippen molar-refractivity contribution in [1.29, 1.82) is 0 Å². The molecule has 1 heterocycles. The zero-order valence-electron chi connectivity index (χ0n) is 14.2. The molecule has 0 saturated carbocycles. The first kappa shape index (κ1) is 17.7. The first-order valence-electron chi connectivity index (χ1n) is 7.82. The second-order valence-electron chi connectivity index (χ2n) is 5.60. The molecule has 2 aromatic rings. The van der Waals surface area contributed by atoms with Crippen molar-refractivity contribution in [1.82, 2.24) is 15.2 Å². The third-order valence-corrected chi connectivity index (χ3v) is 3.77. The number of nitrogens with zero attached hydrogens (tertiary/aromatic N) is 1. The number of aryl methyl sites for hydroxylation is 1. The standard InChI is InChI=1S/C18H23N3O3/c1-13(18(23)19-2)20-10-15-9-16(22)17(11-21(15)3)24-12-14-7-5-4-6-8-14/h4-9,11,13,20H,10,12H2,1-3H3,(H,19,23). The van der Waals surface area contributed by atoms with Crippen LogP contribution >= 0.6 is 0 Å². The summed E-state index contributed by atoms with van der Waals surface area (Å²) in [6.07, 6.45) is 1.67. The minimum atomic E-state index is -0.334. The van der Waals surface area contributed by atoms with Crippen LogP contribution in [0, 0.1) is 0 Å². The third-order valence-electron chi connectivity index (χ3n) is 3.77. The Hall–Kier alpha value is -2.60. The van der Waals surface area contributed by atoms with E-state index < -0.39 is 0 Å². The summed E-state index contributed by atoms with van der Waals surface area (Å²) in [5, 5.41) is 5.66. The molecule has 24 heavy (non-hydrogen) atoms. The third kappa shape index (κ3) is 4.70. The lowest BCUT2D eigenvalue weighted by Crippen LogP contribution is -2.40. The van der Waals surface area contributed by atoms with E-state index >= 15 is 0 Å². The maximum absolute atomic E-state index is 12.2. The Labute approximate surface area is 141 Å². The fraction of sp³-hybridized carbons (Fsp3) is 0.333. The van der Waals surface area contributed by atoms with Gasteiger partial charge < -0.3 is 19.9 Å². The predicted molar refractivity (Wildman–Crippen MR) is 92.8 cm³/mol. The van der Waals surface area contributed by atoms with E-state index in [2.05, 4.69) is 10.6 Å². The van der Waals surface area contributed by atoms with Crippen LogP contribution in [0.5, 0.6) is 5.75 Å². The molecule has 0 bridgehead atoms. The van der Waals surface area contributed by atoms with E-state index in [0.717, 1.165) is 11.3 Å². The van der Waals surface area contributed by atoms with Gasteiger partial charge in [0.2, 0.25) is 11.3 Å². The zero-order chi connectivity index (χ0) is 17.5. The molecule has 6 nitrogen and oxygen atoms in total. The van der Waals surface area contributed by atoms with E-state index in [0.29, 0.717) is 18.9 Å². The number of benzene rings is 1. The monoisotopic (exact) mass is 329 g/mol. The van der Waals surface area contributed by atoms with Crippen LogP contribution in [0.2, 0.25) is 0 Å². The van der Waals surface area contributed by atoms with Crippen LogP contribution in [-0.2, 0) is 25.0 Å².